The second kappa shape index (κ2) is 7.66. The maximum atomic E-state index is 12.5. The summed E-state index contributed by atoms with van der Waals surface area (Å²) in [6, 6.07) is 3.41. The summed E-state index contributed by atoms with van der Waals surface area (Å²) in [5, 5.41) is 9.09. The number of pyridine rings is 1. The van der Waals surface area contributed by atoms with Crippen LogP contribution in [0.2, 0.25) is 0 Å². The zero-order valence-electron chi connectivity index (χ0n) is 12.5. The molecule has 1 atom stereocenters. The molecule has 1 aliphatic heterocycles. The van der Waals surface area contributed by atoms with E-state index in [-0.39, 0.29) is 24.7 Å². The molecule has 1 aromatic rings. The monoisotopic (exact) mass is 310 g/mol. The summed E-state index contributed by atoms with van der Waals surface area (Å²) in [6.07, 6.45) is 2.81. The minimum atomic E-state index is -0.105. The number of hydrogen-bond donors (Lipinski definition) is 1. The number of aromatic nitrogens is 1. The lowest BCUT2D eigenvalue weighted by Gasteiger charge is -2.26. The van der Waals surface area contributed by atoms with Crippen LogP contribution in [0.3, 0.4) is 0 Å². The molecular weight excluding hydrogens is 288 g/mol. The van der Waals surface area contributed by atoms with Gasteiger partial charge in [0.25, 0.3) is 5.91 Å². The first-order valence-corrected chi connectivity index (χ1v) is 8.39. The van der Waals surface area contributed by atoms with Gasteiger partial charge in [-0.05, 0) is 32.1 Å². The predicted molar refractivity (Wildman–Crippen MR) is 83.9 cm³/mol. The summed E-state index contributed by atoms with van der Waals surface area (Å²) in [6.45, 7) is 4.15. The molecule has 1 unspecified atom stereocenters. The van der Waals surface area contributed by atoms with Crippen molar-refractivity contribution < 1.29 is 14.6 Å². The normalized spacial score (nSPS) is 18.0. The first kappa shape index (κ1) is 16.1. The van der Waals surface area contributed by atoms with Crippen LogP contribution in [0.5, 0.6) is 5.88 Å². The van der Waals surface area contributed by atoms with E-state index in [9.17, 15) is 4.79 Å². The van der Waals surface area contributed by atoms with E-state index in [2.05, 4.69) is 4.98 Å². The van der Waals surface area contributed by atoms with Crippen molar-refractivity contribution >= 4 is 17.7 Å². The molecule has 0 spiro atoms. The molecule has 0 saturated carbocycles. The van der Waals surface area contributed by atoms with Crippen molar-refractivity contribution in [3.63, 3.8) is 0 Å². The third-order valence-corrected chi connectivity index (χ3v) is 4.51. The minimum Gasteiger partial charge on any atom is -0.473 e. The van der Waals surface area contributed by atoms with E-state index in [0.29, 0.717) is 18.0 Å². The summed E-state index contributed by atoms with van der Waals surface area (Å²) in [7, 11) is 0. The number of hydrogen-bond acceptors (Lipinski definition) is 5. The van der Waals surface area contributed by atoms with Gasteiger partial charge in [-0.15, -0.1) is 0 Å². The Hall–Kier alpha value is -1.27. The first-order chi connectivity index (χ1) is 10.1. The van der Waals surface area contributed by atoms with Gasteiger partial charge in [-0.25, -0.2) is 4.98 Å². The molecule has 2 rings (SSSR count). The fourth-order valence-electron chi connectivity index (χ4n) is 2.25. The Labute approximate surface area is 129 Å². The largest absolute Gasteiger partial charge is 0.473 e. The number of rotatable bonds is 6. The van der Waals surface area contributed by atoms with Crippen molar-refractivity contribution in [2.24, 2.45) is 0 Å². The van der Waals surface area contributed by atoms with Gasteiger partial charge < -0.3 is 14.7 Å². The van der Waals surface area contributed by atoms with E-state index in [0.717, 1.165) is 17.9 Å². The number of aliphatic hydroxyl groups excluding tert-OH is 1. The first-order valence-electron chi connectivity index (χ1n) is 7.24. The Morgan fingerprint density at radius 2 is 2.43 bits per heavy atom. The summed E-state index contributed by atoms with van der Waals surface area (Å²) < 4.78 is 5.81. The van der Waals surface area contributed by atoms with Crippen LogP contribution in [0.15, 0.2) is 18.3 Å². The van der Waals surface area contributed by atoms with Gasteiger partial charge in [0, 0.05) is 36.2 Å². The molecule has 1 fully saturated rings. The Morgan fingerprint density at radius 1 is 1.62 bits per heavy atom. The van der Waals surface area contributed by atoms with Crippen LogP contribution in [0.4, 0.5) is 0 Å². The van der Waals surface area contributed by atoms with Gasteiger partial charge in [-0.3, -0.25) is 4.79 Å². The number of thioether (sulfide) groups is 1. The van der Waals surface area contributed by atoms with Crippen LogP contribution in [-0.2, 0) is 0 Å². The highest BCUT2D eigenvalue weighted by atomic mass is 32.2. The Balaban J connectivity index is 2.09. The van der Waals surface area contributed by atoms with Crippen molar-refractivity contribution in [3.8, 4) is 5.88 Å². The van der Waals surface area contributed by atoms with Crippen molar-refractivity contribution in [2.45, 2.75) is 32.4 Å². The van der Waals surface area contributed by atoms with Crippen LogP contribution >= 0.6 is 11.8 Å². The highest BCUT2D eigenvalue weighted by Crippen LogP contribution is 2.22. The number of amides is 1. The van der Waals surface area contributed by atoms with Gasteiger partial charge in [0.05, 0.1) is 6.61 Å². The lowest BCUT2D eigenvalue weighted by molar-refractivity contribution is 0.0664. The second-order valence-electron chi connectivity index (χ2n) is 5.30. The molecule has 1 aromatic heterocycles. The standard InChI is InChI=1S/C15H22N2O3S/c1-11(2)17(6-7-18)15(19)12-3-5-16-14(9-12)20-13-4-8-21-10-13/h3,5,9,11,13,18H,4,6-8,10H2,1-2H3. The van der Waals surface area contributed by atoms with Gasteiger partial charge in [0.15, 0.2) is 0 Å². The second-order valence-corrected chi connectivity index (χ2v) is 6.45. The average Bonchev–Trinajstić information content (AvgIpc) is 2.97. The maximum Gasteiger partial charge on any atom is 0.254 e. The maximum absolute atomic E-state index is 12.5. The highest BCUT2D eigenvalue weighted by Gasteiger charge is 2.21. The molecule has 1 amide bonds. The van der Waals surface area contributed by atoms with Crippen molar-refractivity contribution in [1.29, 1.82) is 0 Å². The summed E-state index contributed by atoms with van der Waals surface area (Å²) in [5.41, 5.74) is 0.549. The molecule has 1 N–H and O–H groups in total. The van der Waals surface area contributed by atoms with Crippen molar-refractivity contribution in [2.75, 3.05) is 24.7 Å². The predicted octanol–water partition coefficient (Wildman–Crippen LogP) is 1.81. The lowest BCUT2D eigenvalue weighted by atomic mass is 10.2. The number of ether oxygens (including phenoxy) is 1. The van der Waals surface area contributed by atoms with Gasteiger partial charge in [0.2, 0.25) is 5.88 Å². The Morgan fingerprint density at radius 3 is 3.05 bits per heavy atom. The number of carbonyl (C=O) groups excluding carboxylic acids is 1. The number of nitrogens with zero attached hydrogens (tertiary/aromatic N) is 2. The van der Waals surface area contributed by atoms with Crippen LogP contribution in [0, 0.1) is 0 Å². The topological polar surface area (TPSA) is 62.7 Å². The fourth-order valence-corrected chi connectivity index (χ4v) is 3.35. The molecule has 0 bridgehead atoms. The van der Waals surface area contributed by atoms with Gasteiger partial charge in [-0.1, -0.05) is 0 Å². The van der Waals surface area contributed by atoms with Crippen LogP contribution in [0.25, 0.3) is 0 Å². The SMILES string of the molecule is CC(C)N(CCO)C(=O)c1ccnc(OC2CCSC2)c1. The molecule has 1 aliphatic rings. The molecule has 21 heavy (non-hydrogen) atoms. The van der Waals surface area contributed by atoms with Gasteiger partial charge in [0.1, 0.15) is 6.10 Å². The van der Waals surface area contributed by atoms with Gasteiger partial charge >= 0.3 is 0 Å². The quantitative estimate of drug-likeness (QED) is 0.868. The average molecular weight is 310 g/mol. The fraction of sp³-hybridized carbons (Fsp3) is 0.600. The molecular formula is C15H22N2O3S. The number of carbonyl (C=O) groups is 1. The lowest BCUT2D eigenvalue weighted by Crippen LogP contribution is -2.39. The van der Waals surface area contributed by atoms with E-state index in [1.54, 1.807) is 23.2 Å². The van der Waals surface area contributed by atoms with Crippen LogP contribution < -0.4 is 4.74 Å². The van der Waals surface area contributed by atoms with Crippen molar-refractivity contribution in [1.82, 2.24) is 9.88 Å². The molecule has 6 heteroatoms. The molecule has 1 saturated heterocycles. The van der Waals surface area contributed by atoms with Crippen LogP contribution in [-0.4, -0.2) is 57.7 Å². The Kier molecular flexibility index (Phi) is 5.87. The van der Waals surface area contributed by atoms with E-state index in [4.69, 9.17) is 9.84 Å². The zero-order chi connectivity index (χ0) is 15.2. The summed E-state index contributed by atoms with van der Waals surface area (Å²) in [5.74, 6) is 2.48. The molecule has 0 aromatic carbocycles. The number of aliphatic hydroxyl groups is 1. The highest BCUT2D eigenvalue weighted by molar-refractivity contribution is 7.99. The van der Waals surface area contributed by atoms with Crippen molar-refractivity contribution in [3.05, 3.63) is 23.9 Å². The molecule has 5 nitrogen and oxygen atoms in total. The summed E-state index contributed by atoms with van der Waals surface area (Å²) >= 11 is 1.87. The smallest absolute Gasteiger partial charge is 0.254 e. The zero-order valence-corrected chi connectivity index (χ0v) is 13.3. The van der Waals surface area contributed by atoms with E-state index in [1.165, 1.54) is 0 Å². The third-order valence-electron chi connectivity index (χ3n) is 3.38. The third kappa shape index (κ3) is 4.35. The van der Waals surface area contributed by atoms with E-state index < -0.39 is 0 Å². The van der Waals surface area contributed by atoms with E-state index >= 15 is 0 Å². The van der Waals surface area contributed by atoms with E-state index in [1.807, 2.05) is 25.6 Å². The minimum absolute atomic E-state index is 0.0356. The van der Waals surface area contributed by atoms with Gasteiger partial charge in [-0.2, -0.15) is 11.8 Å². The Bertz CT molecular complexity index is 476. The van der Waals surface area contributed by atoms with Crippen LogP contribution in [0.1, 0.15) is 30.6 Å². The molecule has 0 aliphatic carbocycles. The molecule has 116 valence electrons. The molecule has 0 radical (unpaired) electrons. The molecule has 2 heterocycles. The summed E-state index contributed by atoms with van der Waals surface area (Å²) in [4.78, 5) is 18.3.